The molecule has 1 N–H and O–H groups in total. The Kier molecular flexibility index (Phi) is 5.21. The van der Waals surface area contributed by atoms with Gasteiger partial charge < -0.3 is 10.1 Å². The Hall–Kier alpha value is -0.860. The van der Waals surface area contributed by atoms with Crippen molar-refractivity contribution >= 4 is 0 Å². The highest BCUT2D eigenvalue weighted by Crippen LogP contribution is 2.21. The second-order valence-corrected chi connectivity index (χ2v) is 5.31. The Labute approximate surface area is 111 Å². The van der Waals surface area contributed by atoms with E-state index in [1.807, 2.05) is 0 Å². The minimum atomic E-state index is 0.563. The molecule has 1 aliphatic heterocycles. The summed E-state index contributed by atoms with van der Waals surface area (Å²) >= 11 is 0. The fourth-order valence-electron chi connectivity index (χ4n) is 2.68. The first-order valence-electron chi connectivity index (χ1n) is 7.17. The molecule has 0 amide bonds. The minimum absolute atomic E-state index is 0.563. The molecule has 2 unspecified atom stereocenters. The van der Waals surface area contributed by atoms with Gasteiger partial charge in [-0.2, -0.15) is 0 Å². The summed E-state index contributed by atoms with van der Waals surface area (Å²) in [4.78, 5) is 0. The van der Waals surface area contributed by atoms with Crippen molar-refractivity contribution < 1.29 is 4.74 Å². The summed E-state index contributed by atoms with van der Waals surface area (Å²) in [5.41, 5.74) is 2.87. The number of nitrogens with one attached hydrogen (secondary N) is 1. The third-order valence-electron chi connectivity index (χ3n) is 3.89. The monoisotopic (exact) mass is 247 g/mol. The average Bonchev–Trinajstić information content (AvgIpc) is 2.90. The lowest BCUT2D eigenvalue weighted by molar-refractivity contribution is 0.176. The summed E-state index contributed by atoms with van der Waals surface area (Å²) in [5, 5.41) is 3.71. The summed E-state index contributed by atoms with van der Waals surface area (Å²) in [6.45, 7) is 7.39. The predicted molar refractivity (Wildman–Crippen MR) is 75.9 cm³/mol. The van der Waals surface area contributed by atoms with Gasteiger partial charge in [0.25, 0.3) is 0 Å². The van der Waals surface area contributed by atoms with Gasteiger partial charge in [0, 0.05) is 18.6 Å². The Bertz CT molecular complexity index is 358. The molecule has 1 saturated heterocycles. The summed E-state index contributed by atoms with van der Waals surface area (Å²) in [7, 11) is 0. The van der Waals surface area contributed by atoms with Crippen LogP contribution < -0.4 is 5.32 Å². The third-order valence-corrected chi connectivity index (χ3v) is 3.89. The van der Waals surface area contributed by atoms with Gasteiger partial charge in [0.15, 0.2) is 0 Å². The maximum absolute atomic E-state index is 5.55. The van der Waals surface area contributed by atoms with Crippen molar-refractivity contribution in [2.24, 2.45) is 5.92 Å². The van der Waals surface area contributed by atoms with Crippen molar-refractivity contribution in [1.82, 2.24) is 5.32 Å². The molecule has 2 rings (SSSR count). The summed E-state index contributed by atoms with van der Waals surface area (Å²) in [6, 6.07) is 9.29. The van der Waals surface area contributed by atoms with Crippen LogP contribution in [0.25, 0.3) is 0 Å². The Balaban J connectivity index is 2.02. The first kappa shape index (κ1) is 13.6. The van der Waals surface area contributed by atoms with E-state index in [0.29, 0.717) is 12.0 Å². The molecule has 0 radical (unpaired) electrons. The first-order chi connectivity index (χ1) is 8.81. The second kappa shape index (κ2) is 6.91. The van der Waals surface area contributed by atoms with Crippen molar-refractivity contribution in [3.63, 3.8) is 0 Å². The zero-order chi connectivity index (χ0) is 12.8. The van der Waals surface area contributed by atoms with E-state index < -0.39 is 0 Å². The largest absolute Gasteiger partial charge is 0.381 e. The molecule has 100 valence electrons. The molecule has 1 aliphatic rings. The van der Waals surface area contributed by atoms with Gasteiger partial charge in [-0.15, -0.1) is 0 Å². The van der Waals surface area contributed by atoms with E-state index in [0.717, 1.165) is 26.2 Å². The van der Waals surface area contributed by atoms with Crippen LogP contribution in [0, 0.1) is 12.8 Å². The van der Waals surface area contributed by atoms with Crippen LogP contribution in [0.15, 0.2) is 24.3 Å². The lowest BCUT2D eigenvalue weighted by atomic mass is 9.91. The van der Waals surface area contributed by atoms with Gasteiger partial charge in [-0.3, -0.25) is 0 Å². The van der Waals surface area contributed by atoms with E-state index in [9.17, 15) is 0 Å². The van der Waals surface area contributed by atoms with Gasteiger partial charge >= 0.3 is 0 Å². The highest BCUT2D eigenvalue weighted by molar-refractivity contribution is 5.26. The van der Waals surface area contributed by atoms with Gasteiger partial charge in [-0.05, 0) is 43.9 Å². The second-order valence-electron chi connectivity index (χ2n) is 5.31. The molecule has 1 fully saturated rings. The Morgan fingerprint density at radius 1 is 1.39 bits per heavy atom. The van der Waals surface area contributed by atoms with Crippen molar-refractivity contribution in [3.8, 4) is 0 Å². The topological polar surface area (TPSA) is 21.3 Å². The number of hydrogen-bond donors (Lipinski definition) is 1. The van der Waals surface area contributed by atoms with Crippen LogP contribution in [-0.4, -0.2) is 25.8 Å². The fourth-order valence-corrected chi connectivity index (χ4v) is 2.68. The highest BCUT2D eigenvalue weighted by Gasteiger charge is 2.25. The van der Waals surface area contributed by atoms with E-state index in [1.165, 1.54) is 24.0 Å². The molecule has 1 heterocycles. The van der Waals surface area contributed by atoms with Crippen LogP contribution in [-0.2, 0) is 11.2 Å². The smallest absolute Gasteiger partial charge is 0.0510 e. The molecular formula is C16H25NO. The van der Waals surface area contributed by atoms with Gasteiger partial charge in [-0.25, -0.2) is 0 Å². The molecule has 0 saturated carbocycles. The molecule has 2 atom stereocenters. The molecule has 2 nitrogen and oxygen atoms in total. The molecular weight excluding hydrogens is 222 g/mol. The van der Waals surface area contributed by atoms with Crippen LogP contribution in [0.4, 0.5) is 0 Å². The Morgan fingerprint density at radius 2 is 2.22 bits per heavy atom. The van der Waals surface area contributed by atoms with Crippen molar-refractivity contribution in [2.45, 2.75) is 39.2 Å². The lowest BCUT2D eigenvalue weighted by Gasteiger charge is -2.24. The Morgan fingerprint density at radius 3 is 2.89 bits per heavy atom. The molecule has 0 aliphatic carbocycles. The average molecular weight is 247 g/mol. The van der Waals surface area contributed by atoms with Gasteiger partial charge in [0.1, 0.15) is 0 Å². The van der Waals surface area contributed by atoms with Crippen LogP contribution in [0.5, 0.6) is 0 Å². The number of aryl methyl sites for hydroxylation is 1. The summed E-state index contributed by atoms with van der Waals surface area (Å²) < 4.78 is 5.55. The van der Waals surface area contributed by atoms with Crippen molar-refractivity contribution in [2.75, 3.05) is 19.8 Å². The molecule has 1 aromatic rings. The van der Waals surface area contributed by atoms with Crippen molar-refractivity contribution in [3.05, 3.63) is 35.4 Å². The summed E-state index contributed by atoms with van der Waals surface area (Å²) in [5.74, 6) is 0.677. The van der Waals surface area contributed by atoms with Crippen LogP contribution >= 0.6 is 0 Å². The van der Waals surface area contributed by atoms with Gasteiger partial charge in [0.05, 0.1) is 6.61 Å². The van der Waals surface area contributed by atoms with Crippen LogP contribution in [0.1, 0.15) is 30.9 Å². The van der Waals surface area contributed by atoms with E-state index in [1.54, 1.807) is 0 Å². The maximum atomic E-state index is 5.55. The molecule has 0 spiro atoms. The van der Waals surface area contributed by atoms with E-state index in [4.69, 9.17) is 4.74 Å². The van der Waals surface area contributed by atoms with Gasteiger partial charge in [-0.1, -0.05) is 31.2 Å². The zero-order valence-electron chi connectivity index (χ0n) is 11.6. The quantitative estimate of drug-likeness (QED) is 0.834. The molecule has 1 aromatic carbocycles. The molecule has 2 heteroatoms. The normalized spacial score (nSPS) is 21.1. The van der Waals surface area contributed by atoms with Crippen LogP contribution in [0.3, 0.4) is 0 Å². The van der Waals surface area contributed by atoms with E-state index in [-0.39, 0.29) is 0 Å². The third kappa shape index (κ3) is 3.56. The number of benzene rings is 1. The number of hydrogen-bond acceptors (Lipinski definition) is 2. The molecule has 0 bridgehead atoms. The standard InChI is InChI=1S/C16H25NO/c1-3-9-17-16(15-8-10-18-12-15)11-14-7-5-4-6-13(14)2/h4-7,15-17H,3,8-12H2,1-2H3. The van der Waals surface area contributed by atoms with Gasteiger partial charge in [0.2, 0.25) is 0 Å². The minimum Gasteiger partial charge on any atom is -0.381 e. The fraction of sp³-hybridized carbons (Fsp3) is 0.625. The first-order valence-corrected chi connectivity index (χ1v) is 7.17. The predicted octanol–water partition coefficient (Wildman–Crippen LogP) is 2.94. The summed E-state index contributed by atoms with van der Waals surface area (Å²) in [6.07, 6.45) is 3.52. The SMILES string of the molecule is CCCNC(Cc1ccccc1C)C1CCOC1. The van der Waals surface area contributed by atoms with Crippen LogP contribution in [0.2, 0.25) is 0 Å². The van der Waals surface area contributed by atoms with E-state index in [2.05, 4.69) is 43.4 Å². The van der Waals surface area contributed by atoms with E-state index >= 15 is 0 Å². The highest BCUT2D eigenvalue weighted by atomic mass is 16.5. The zero-order valence-corrected chi connectivity index (χ0v) is 11.6. The van der Waals surface area contributed by atoms with Crippen molar-refractivity contribution in [1.29, 1.82) is 0 Å². The molecule has 0 aromatic heterocycles. The molecule has 18 heavy (non-hydrogen) atoms. The number of ether oxygens (including phenoxy) is 1. The number of rotatable bonds is 6. The lowest BCUT2D eigenvalue weighted by Crippen LogP contribution is -2.39. The maximum Gasteiger partial charge on any atom is 0.0510 e.